The van der Waals surface area contributed by atoms with Crippen LogP contribution in [0.1, 0.15) is 23.5 Å². The summed E-state index contributed by atoms with van der Waals surface area (Å²) in [5.41, 5.74) is 4.32. The van der Waals surface area contributed by atoms with Gasteiger partial charge in [0.2, 0.25) is 11.9 Å². The number of rotatable bonds is 7. The Hall–Kier alpha value is -3.35. The fourth-order valence-electron chi connectivity index (χ4n) is 3.82. The van der Waals surface area contributed by atoms with Gasteiger partial charge in [0.15, 0.2) is 0 Å². The van der Waals surface area contributed by atoms with Gasteiger partial charge >= 0.3 is 0 Å². The Bertz CT molecular complexity index is 1040. The summed E-state index contributed by atoms with van der Waals surface area (Å²) in [6.07, 6.45) is 2.31. The van der Waals surface area contributed by atoms with Crippen LogP contribution >= 0.6 is 0 Å². The van der Waals surface area contributed by atoms with Crippen LogP contribution in [-0.2, 0) is 4.79 Å². The summed E-state index contributed by atoms with van der Waals surface area (Å²) in [7, 11) is 3.99. The number of hydrogen-bond acceptors (Lipinski definition) is 4. The van der Waals surface area contributed by atoms with E-state index in [0.717, 1.165) is 27.7 Å². The van der Waals surface area contributed by atoms with Gasteiger partial charge in [-0.25, -0.2) is 0 Å². The Morgan fingerprint density at radius 1 is 1.24 bits per heavy atom. The van der Waals surface area contributed by atoms with Crippen LogP contribution in [0.25, 0.3) is 10.9 Å². The second kappa shape index (κ2) is 7.58. The molecule has 1 amide bonds. The predicted molar refractivity (Wildman–Crippen MR) is 113 cm³/mol. The van der Waals surface area contributed by atoms with Crippen molar-refractivity contribution in [3.8, 4) is 0 Å². The Morgan fingerprint density at radius 3 is 2.62 bits per heavy atom. The number of aromatic nitrogens is 1. The van der Waals surface area contributed by atoms with Crippen LogP contribution in [0.2, 0.25) is 0 Å². The Balaban J connectivity index is 1.60. The lowest BCUT2D eigenvalue weighted by Gasteiger charge is -2.20. The molecule has 3 aromatic rings. The first kappa shape index (κ1) is 19.0. The van der Waals surface area contributed by atoms with Gasteiger partial charge in [-0.2, -0.15) is 0 Å². The summed E-state index contributed by atoms with van der Waals surface area (Å²) >= 11 is 0. The molecule has 0 aliphatic heterocycles. The number of para-hydroxylation sites is 1. The van der Waals surface area contributed by atoms with Gasteiger partial charge in [0.1, 0.15) is 5.92 Å². The molecule has 0 bridgehead atoms. The molecule has 2 N–H and O–H groups in total. The van der Waals surface area contributed by atoms with Gasteiger partial charge in [-0.05, 0) is 29.3 Å². The van der Waals surface area contributed by atoms with Gasteiger partial charge in [0, 0.05) is 60.7 Å². The lowest BCUT2D eigenvalue weighted by molar-refractivity contribution is -0.497. The number of nitro groups is 1. The highest BCUT2D eigenvalue weighted by atomic mass is 16.6. The molecule has 0 unspecified atom stereocenters. The summed E-state index contributed by atoms with van der Waals surface area (Å²) in [6, 6.07) is 15.6. The number of fused-ring (bicyclic) bond motifs is 1. The van der Waals surface area contributed by atoms with Gasteiger partial charge in [-0.15, -0.1) is 0 Å². The van der Waals surface area contributed by atoms with Crippen molar-refractivity contribution in [1.82, 2.24) is 10.3 Å². The molecule has 1 aliphatic rings. The van der Waals surface area contributed by atoms with E-state index in [0.29, 0.717) is 13.0 Å². The standard InChI is InChI=1S/C22H24N4O3/c1-25(2)15-9-7-14(8-10-15)18(12-24-22(27)17-11-21(17)26(28)29)19-13-23-20-6-4-3-5-16(19)20/h3-10,13,17-18,21,23H,11-12H2,1-2H3,(H,24,27)/t17-,18-,21+/m0/s1. The van der Waals surface area contributed by atoms with Gasteiger partial charge in [0.25, 0.3) is 0 Å². The number of amides is 1. The van der Waals surface area contributed by atoms with Crippen molar-refractivity contribution in [1.29, 1.82) is 0 Å². The molecule has 2 aromatic carbocycles. The van der Waals surface area contributed by atoms with Crippen LogP contribution in [0.4, 0.5) is 5.69 Å². The minimum Gasteiger partial charge on any atom is -0.378 e. The lowest BCUT2D eigenvalue weighted by atomic mass is 9.90. The monoisotopic (exact) mass is 392 g/mol. The molecule has 7 nitrogen and oxygen atoms in total. The maximum Gasteiger partial charge on any atom is 0.230 e. The van der Waals surface area contributed by atoms with Crippen LogP contribution in [-0.4, -0.2) is 42.5 Å². The summed E-state index contributed by atoms with van der Waals surface area (Å²) in [5.74, 6) is -0.801. The minimum atomic E-state index is -0.735. The molecule has 4 rings (SSSR count). The van der Waals surface area contributed by atoms with Crippen LogP contribution in [0.3, 0.4) is 0 Å². The van der Waals surface area contributed by atoms with Crippen molar-refractivity contribution in [3.05, 3.63) is 76.0 Å². The highest BCUT2D eigenvalue weighted by Crippen LogP contribution is 2.34. The number of H-pyrrole nitrogens is 1. The summed E-state index contributed by atoms with van der Waals surface area (Å²) in [6.45, 7) is 0.392. The smallest absolute Gasteiger partial charge is 0.230 e. The highest BCUT2D eigenvalue weighted by molar-refractivity contribution is 5.85. The third-order valence-electron chi connectivity index (χ3n) is 5.65. The number of aromatic amines is 1. The van der Waals surface area contributed by atoms with E-state index in [1.54, 1.807) is 0 Å². The second-order valence-corrected chi connectivity index (χ2v) is 7.77. The Labute approximate surface area is 168 Å². The average Bonchev–Trinajstić information content (AvgIpc) is 3.43. The van der Waals surface area contributed by atoms with Crippen molar-refractivity contribution < 1.29 is 9.72 Å². The predicted octanol–water partition coefficient (Wildman–Crippen LogP) is 3.15. The number of carbonyl (C=O) groups excluding carboxylic acids is 1. The fourth-order valence-corrected chi connectivity index (χ4v) is 3.82. The van der Waals surface area contributed by atoms with Crippen LogP contribution < -0.4 is 10.2 Å². The van der Waals surface area contributed by atoms with E-state index < -0.39 is 12.0 Å². The van der Waals surface area contributed by atoms with E-state index in [2.05, 4.69) is 40.6 Å². The third kappa shape index (κ3) is 3.81. The van der Waals surface area contributed by atoms with Gasteiger partial charge in [-0.3, -0.25) is 14.9 Å². The normalized spacial score (nSPS) is 19.0. The summed E-state index contributed by atoms with van der Waals surface area (Å²) in [4.78, 5) is 28.3. The molecule has 1 aromatic heterocycles. The van der Waals surface area contributed by atoms with Crippen molar-refractivity contribution in [3.63, 3.8) is 0 Å². The minimum absolute atomic E-state index is 0.0564. The van der Waals surface area contributed by atoms with Crippen molar-refractivity contribution >= 4 is 22.5 Å². The molecule has 0 saturated heterocycles. The number of hydrogen-bond donors (Lipinski definition) is 2. The number of carbonyl (C=O) groups is 1. The molecule has 29 heavy (non-hydrogen) atoms. The molecule has 1 heterocycles. The van der Waals surface area contributed by atoms with Crippen molar-refractivity contribution in [2.24, 2.45) is 5.92 Å². The van der Waals surface area contributed by atoms with Gasteiger partial charge in [0.05, 0.1) is 0 Å². The van der Waals surface area contributed by atoms with Crippen molar-refractivity contribution in [2.75, 3.05) is 25.5 Å². The van der Waals surface area contributed by atoms with E-state index in [1.807, 2.05) is 43.4 Å². The average molecular weight is 392 g/mol. The Morgan fingerprint density at radius 2 is 1.97 bits per heavy atom. The number of nitrogens with zero attached hydrogens (tertiary/aromatic N) is 2. The first-order valence-corrected chi connectivity index (χ1v) is 9.70. The fraction of sp³-hybridized carbons (Fsp3) is 0.318. The molecule has 150 valence electrons. The maximum atomic E-state index is 12.4. The first-order chi connectivity index (χ1) is 14.0. The SMILES string of the molecule is CN(C)c1ccc([C@H](CNC(=O)[C@H]2C[C@H]2[N+](=O)[O-])c2c[nH]c3ccccc23)cc1. The quantitative estimate of drug-likeness (QED) is 0.477. The zero-order valence-corrected chi connectivity index (χ0v) is 16.5. The van der Waals surface area contributed by atoms with Crippen molar-refractivity contribution in [2.45, 2.75) is 18.4 Å². The zero-order valence-electron chi connectivity index (χ0n) is 16.5. The van der Waals surface area contributed by atoms with Gasteiger partial charge in [-0.1, -0.05) is 30.3 Å². The lowest BCUT2D eigenvalue weighted by Crippen LogP contribution is -2.31. The Kier molecular flexibility index (Phi) is 4.96. The zero-order chi connectivity index (χ0) is 20.5. The second-order valence-electron chi connectivity index (χ2n) is 7.77. The van der Waals surface area contributed by atoms with E-state index in [4.69, 9.17) is 0 Å². The molecule has 1 saturated carbocycles. The molecule has 1 fully saturated rings. The van der Waals surface area contributed by atoms with E-state index in [-0.39, 0.29) is 16.7 Å². The molecule has 3 atom stereocenters. The largest absolute Gasteiger partial charge is 0.378 e. The number of benzene rings is 2. The summed E-state index contributed by atoms with van der Waals surface area (Å²) < 4.78 is 0. The number of anilines is 1. The molecule has 1 aliphatic carbocycles. The first-order valence-electron chi connectivity index (χ1n) is 9.70. The number of nitrogens with one attached hydrogen (secondary N) is 2. The van der Waals surface area contributed by atoms with Crippen LogP contribution in [0, 0.1) is 16.0 Å². The molecular weight excluding hydrogens is 368 g/mol. The molecule has 0 spiro atoms. The topological polar surface area (TPSA) is 91.3 Å². The van der Waals surface area contributed by atoms with E-state index in [1.165, 1.54) is 0 Å². The molecule has 0 radical (unpaired) electrons. The highest BCUT2D eigenvalue weighted by Gasteiger charge is 2.53. The van der Waals surface area contributed by atoms with E-state index in [9.17, 15) is 14.9 Å². The molecule has 7 heteroatoms. The maximum absolute atomic E-state index is 12.4. The van der Waals surface area contributed by atoms with Gasteiger partial charge < -0.3 is 15.2 Å². The van der Waals surface area contributed by atoms with Crippen LogP contribution in [0.15, 0.2) is 54.7 Å². The third-order valence-corrected chi connectivity index (χ3v) is 5.65. The van der Waals surface area contributed by atoms with Crippen LogP contribution in [0.5, 0.6) is 0 Å². The summed E-state index contributed by atoms with van der Waals surface area (Å²) in [5, 5.41) is 14.9. The van der Waals surface area contributed by atoms with E-state index >= 15 is 0 Å². The molecular formula is C22H24N4O3.